The number of carbonyl (C=O) groups is 1. The van der Waals surface area contributed by atoms with Gasteiger partial charge in [0.1, 0.15) is 0 Å². The van der Waals surface area contributed by atoms with E-state index in [9.17, 15) is 4.79 Å². The molecule has 0 saturated carbocycles. The van der Waals surface area contributed by atoms with E-state index in [4.69, 9.17) is 5.11 Å². The molecule has 0 rings (SSSR count). The zero-order chi connectivity index (χ0) is 12.6. The molecule has 2 heteroatoms. The Labute approximate surface area is 100 Å². The number of rotatable bonds is 9. The molecule has 1 N–H and O–H groups in total. The highest BCUT2D eigenvalue weighted by molar-refractivity contribution is 5.69. The van der Waals surface area contributed by atoms with Crippen LogP contribution in [0.15, 0.2) is 0 Å². The highest BCUT2D eigenvalue weighted by atomic mass is 16.4. The van der Waals surface area contributed by atoms with Crippen molar-refractivity contribution < 1.29 is 9.90 Å². The summed E-state index contributed by atoms with van der Waals surface area (Å²) in [7, 11) is 0. The second-order valence-electron chi connectivity index (χ2n) is 5.39. The topological polar surface area (TPSA) is 37.3 Å². The van der Waals surface area contributed by atoms with E-state index in [-0.39, 0.29) is 5.92 Å². The zero-order valence-electron chi connectivity index (χ0n) is 11.3. The van der Waals surface area contributed by atoms with Gasteiger partial charge in [0.25, 0.3) is 0 Å². The first kappa shape index (κ1) is 15.5. The van der Waals surface area contributed by atoms with Gasteiger partial charge in [0.15, 0.2) is 0 Å². The van der Waals surface area contributed by atoms with Crippen LogP contribution in [-0.4, -0.2) is 11.1 Å². The molecule has 0 heterocycles. The highest BCUT2D eigenvalue weighted by Gasteiger charge is 2.13. The molecule has 0 aromatic heterocycles. The molecule has 96 valence electrons. The molecule has 0 radical (unpaired) electrons. The van der Waals surface area contributed by atoms with Crippen molar-refractivity contribution in [1.29, 1.82) is 0 Å². The quantitative estimate of drug-likeness (QED) is 0.637. The number of hydrogen-bond acceptors (Lipinski definition) is 1. The molecule has 0 aromatic rings. The zero-order valence-corrected chi connectivity index (χ0v) is 11.3. The van der Waals surface area contributed by atoms with Gasteiger partial charge < -0.3 is 5.11 Å². The van der Waals surface area contributed by atoms with E-state index >= 15 is 0 Å². The molecule has 0 aromatic carbocycles. The molecule has 3 unspecified atom stereocenters. The minimum Gasteiger partial charge on any atom is -0.481 e. The summed E-state index contributed by atoms with van der Waals surface area (Å²) in [6, 6.07) is 0. The molecular weight excluding hydrogens is 200 g/mol. The van der Waals surface area contributed by atoms with Crippen molar-refractivity contribution >= 4 is 5.97 Å². The van der Waals surface area contributed by atoms with Crippen molar-refractivity contribution in [3.63, 3.8) is 0 Å². The van der Waals surface area contributed by atoms with Crippen molar-refractivity contribution in [2.45, 2.75) is 66.2 Å². The molecule has 0 aliphatic heterocycles. The molecule has 2 nitrogen and oxygen atoms in total. The first-order valence-corrected chi connectivity index (χ1v) is 6.70. The average molecular weight is 228 g/mol. The predicted octanol–water partition coefficient (Wildman–Crippen LogP) is 4.34. The number of hydrogen-bond donors (Lipinski definition) is 1. The Morgan fingerprint density at radius 3 is 1.81 bits per heavy atom. The highest BCUT2D eigenvalue weighted by Crippen LogP contribution is 2.21. The lowest BCUT2D eigenvalue weighted by Gasteiger charge is -2.16. The van der Waals surface area contributed by atoms with Crippen molar-refractivity contribution in [1.82, 2.24) is 0 Å². The summed E-state index contributed by atoms with van der Waals surface area (Å²) in [5.41, 5.74) is 0. The largest absolute Gasteiger partial charge is 0.481 e. The van der Waals surface area contributed by atoms with Gasteiger partial charge in [0.05, 0.1) is 5.92 Å². The van der Waals surface area contributed by atoms with Crippen LogP contribution < -0.4 is 0 Å². The first-order valence-electron chi connectivity index (χ1n) is 6.70. The Morgan fingerprint density at radius 2 is 1.38 bits per heavy atom. The van der Waals surface area contributed by atoms with E-state index in [0.717, 1.165) is 18.8 Å². The van der Waals surface area contributed by atoms with Gasteiger partial charge in [-0.1, -0.05) is 53.4 Å². The van der Waals surface area contributed by atoms with Crippen LogP contribution in [0, 0.1) is 17.8 Å². The summed E-state index contributed by atoms with van der Waals surface area (Å²) in [6.45, 7) is 8.59. The maximum Gasteiger partial charge on any atom is 0.306 e. The second kappa shape index (κ2) is 8.60. The molecule has 0 spiro atoms. The summed E-state index contributed by atoms with van der Waals surface area (Å²) in [6.07, 6.45) is 6.98. The van der Waals surface area contributed by atoms with Crippen LogP contribution in [0.5, 0.6) is 0 Å². The van der Waals surface area contributed by atoms with E-state index < -0.39 is 5.97 Å². The maximum absolute atomic E-state index is 10.7. The van der Waals surface area contributed by atoms with Crippen LogP contribution in [0.3, 0.4) is 0 Å². The number of carboxylic acid groups (broad SMARTS) is 1. The van der Waals surface area contributed by atoms with Crippen molar-refractivity contribution in [3.8, 4) is 0 Å². The minimum absolute atomic E-state index is 0.185. The molecule has 3 atom stereocenters. The van der Waals surface area contributed by atoms with Crippen molar-refractivity contribution in [3.05, 3.63) is 0 Å². The summed E-state index contributed by atoms with van der Waals surface area (Å²) in [5.74, 6) is 0.646. The third-order valence-corrected chi connectivity index (χ3v) is 3.45. The molecule has 0 bridgehead atoms. The van der Waals surface area contributed by atoms with Crippen molar-refractivity contribution in [2.75, 3.05) is 0 Å². The Morgan fingerprint density at radius 1 is 0.938 bits per heavy atom. The van der Waals surface area contributed by atoms with Crippen molar-refractivity contribution in [2.24, 2.45) is 17.8 Å². The lowest BCUT2D eigenvalue weighted by atomic mass is 9.90. The van der Waals surface area contributed by atoms with Gasteiger partial charge in [-0.3, -0.25) is 4.79 Å². The van der Waals surface area contributed by atoms with Gasteiger partial charge in [0, 0.05) is 0 Å². The molecule has 0 saturated heterocycles. The number of carboxylic acids is 1. The molecular formula is C14H28O2. The fourth-order valence-electron chi connectivity index (χ4n) is 2.01. The van der Waals surface area contributed by atoms with Gasteiger partial charge >= 0.3 is 5.97 Å². The van der Waals surface area contributed by atoms with Crippen LogP contribution in [0.2, 0.25) is 0 Å². The van der Waals surface area contributed by atoms with Gasteiger partial charge in [-0.2, -0.15) is 0 Å². The van der Waals surface area contributed by atoms with Crippen LogP contribution in [0.25, 0.3) is 0 Å². The molecule has 0 amide bonds. The van der Waals surface area contributed by atoms with Gasteiger partial charge in [0.2, 0.25) is 0 Å². The average Bonchev–Trinajstić information content (AvgIpc) is 2.23. The smallest absolute Gasteiger partial charge is 0.306 e. The van der Waals surface area contributed by atoms with Crippen LogP contribution in [0.4, 0.5) is 0 Å². The minimum atomic E-state index is -0.661. The third-order valence-electron chi connectivity index (χ3n) is 3.45. The molecule has 0 aliphatic carbocycles. The summed E-state index contributed by atoms with van der Waals surface area (Å²) < 4.78 is 0. The van der Waals surface area contributed by atoms with Crippen LogP contribution in [0.1, 0.15) is 66.2 Å². The fraction of sp³-hybridized carbons (Fsp3) is 0.929. The summed E-state index contributed by atoms with van der Waals surface area (Å²) in [4.78, 5) is 10.7. The van der Waals surface area contributed by atoms with E-state index in [0.29, 0.717) is 5.92 Å². The standard InChI is InChI=1S/C14H28O2/c1-5-6-11(2)7-8-12(3)9-10-13(4)14(15)16/h11-13H,5-10H2,1-4H3,(H,15,16). The van der Waals surface area contributed by atoms with Crippen LogP contribution >= 0.6 is 0 Å². The number of aliphatic carboxylic acids is 1. The normalized spacial score (nSPS) is 16.8. The van der Waals surface area contributed by atoms with Gasteiger partial charge in [-0.05, 0) is 24.7 Å². The van der Waals surface area contributed by atoms with E-state index in [1.165, 1.54) is 25.7 Å². The summed E-state index contributed by atoms with van der Waals surface area (Å²) in [5, 5.41) is 8.78. The Kier molecular flexibility index (Phi) is 8.32. The van der Waals surface area contributed by atoms with E-state index in [2.05, 4.69) is 20.8 Å². The van der Waals surface area contributed by atoms with Gasteiger partial charge in [-0.15, -0.1) is 0 Å². The molecule has 0 fully saturated rings. The van der Waals surface area contributed by atoms with Crippen LogP contribution in [-0.2, 0) is 4.79 Å². The lowest BCUT2D eigenvalue weighted by molar-refractivity contribution is -0.141. The SMILES string of the molecule is CCCC(C)CCC(C)CCC(C)C(=O)O. The first-order chi connectivity index (χ1) is 7.47. The maximum atomic E-state index is 10.7. The Hall–Kier alpha value is -0.530. The molecule has 0 aliphatic rings. The molecule has 16 heavy (non-hydrogen) atoms. The second-order valence-corrected chi connectivity index (χ2v) is 5.39. The predicted molar refractivity (Wildman–Crippen MR) is 68.5 cm³/mol. The fourth-order valence-corrected chi connectivity index (χ4v) is 2.01. The lowest BCUT2D eigenvalue weighted by Crippen LogP contribution is -2.11. The van der Waals surface area contributed by atoms with E-state index in [1.54, 1.807) is 6.92 Å². The third kappa shape index (κ3) is 7.72. The summed E-state index contributed by atoms with van der Waals surface area (Å²) >= 11 is 0. The monoisotopic (exact) mass is 228 g/mol. The van der Waals surface area contributed by atoms with Gasteiger partial charge in [-0.25, -0.2) is 0 Å². The van der Waals surface area contributed by atoms with E-state index in [1.807, 2.05) is 0 Å². The Balaban J connectivity index is 3.58. The Bertz CT molecular complexity index is 189.